The zero-order valence-electron chi connectivity index (χ0n) is 13.5. The molecule has 0 radical (unpaired) electrons. The molecule has 0 spiro atoms. The molecular formula is C16H20BrN3O2S. The average Bonchev–Trinajstić information content (AvgIpc) is 2.55. The predicted molar refractivity (Wildman–Crippen MR) is 98.0 cm³/mol. The number of amides is 1. The molecule has 2 rings (SSSR count). The number of carbonyl (C=O) groups is 1. The first kappa shape index (κ1) is 18.0. The lowest BCUT2D eigenvalue weighted by Gasteiger charge is -2.18. The number of aromatic nitrogens is 2. The zero-order valence-corrected chi connectivity index (χ0v) is 15.9. The normalized spacial score (nSPS) is 11.0. The van der Waals surface area contributed by atoms with Gasteiger partial charge in [0.05, 0.1) is 16.7 Å². The first-order valence-electron chi connectivity index (χ1n) is 7.62. The van der Waals surface area contributed by atoms with Crippen molar-refractivity contribution in [2.24, 2.45) is 0 Å². The largest absolute Gasteiger partial charge is 0.343 e. The van der Waals surface area contributed by atoms with Gasteiger partial charge in [-0.3, -0.25) is 14.2 Å². The van der Waals surface area contributed by atoms with Crippen LogP contribution in [0.15, 0.2) is 32.6 Å². The van der Waals surface area contributed by atoms with Gasteiger partial charge in [0.2, 0.25) is 5.91 Å². The fraction of sp³-hybridized carbons (Fsp3) is 0.438. The molecule has 0 aliphatic carbocycles. The van der Waals surface area contributed by atoms with E-state index in [0.717, 1.165) is 4.47 Å². The molecule has 0 N–H and O–H groups in total. The lowest BCUT2D eigenvalue weighted by Crippen LogP contribution is -2.32. The third-order valence-corrected chi connectivity index (χ3v) is 5.09. The SMILES string of the molecule is CCN(CC)C(=O)CSc1nc2ccc(Br)cc2c(=O)n1CC. The van der Waals surface area contributed by atoms with Crippen LogP contribution < -0.4 is 5.56 Å². The standard InChI is InChI=1S/C16H20BrN3O2S/c1-4-19(5-2)14(21)10-23-16-18-13-8-7-11(17)9-12(13)15(22)20(16)6-3/h7-9H,4-6,10H2,1-3H3. The summed E-state index contributed by atoms with van der Waals surface area (Å²) in [4.78, 5) is 31.1. The molecule has 0 fully saturated rings. The highest BCUT2D eigenvalue weighted by Gasteiger charge is 2.15. The van der Waals surface area contributed by atoms with E-state index in [1.54, 1.807) is 15.5 Å². The van der Waals surface area contributed by atoms with Crippen LogP contribution in [0.4, 0.5) is 0 Å². The quantitative estimate of drug-likeness (QED) is 0.554. The van der Waals surface area contributed by atoms with E-state index in [4.69, 9.17) is 0 Å². The molecule has 0 aliphatic heterocycles. The van der Waals surface area contributed by atoms with Gasteiger partial charge in [0.1, 0.15) is 0 Å². The van der Waals surface area contributed by atoms with Crippen molar-refractivity contribution in [3.05, 3.63) is 33.0 Å². The smallest absolute Gasteiger partial charge is 0.262 e. The molecule has 5 nitrogen and oxygen atoms in total. The molecule has 1 aromatic carbocycles. The van der Waals surface area contributed by atoms with Crippen LogP contribution in [0.5, 0.6) is 0 Å². The number of fused-ring (bicyclic) bond motifs is 1. The van der Waals surface area contributed by atoms with Crippen molar-refractivity contribution >= 4 is 44.5 Å². The maximum atomic E-state index is 12.6. The molecule has 0 unspecified atom stereocenters. The topological polar surface area (TPSA) is 55.2 Å². The Morgan fingerprint density at radius 1 is 1.30 bits per heavy atom. The van der Waals surface area contributed by atoms with Gasteiger partial charge in [-0.15, -0.1) is 0 Å². The highest BCUT2D eigenvalue weighted by Crippen LogP contribution is 2.20. The molecule has 124 valence electrons. The van der Waals surface area contributed by atoms with Gasteiger partial charge < -0.3 is 4.90 Å². The molecule has 0 bridgehead atoms. The van der Waals surface area contributed by atoms with Crippen LogP contribution in [0, 0.1) is 0 Å². The van der Waals surface area contributed by atoms with Gasteiger partial charge in [-0.2, -0.15) is 0 Å². The molecule has 0 saturated heterocycles. The number of rotatable bonds is 6. The maximum absolute atomic E-state index is 12.6. The summed E-state index contributed by atoms with van der Waals surface area (Å²) in [5.74, 6) is 0.351. The van der Waals surface area contributed by atoms with Crippen molar-refractivity contribution in [2.75, 3.05) is 18.8 Å². The number of carbonyl (C=O) groups excluding carboxylic acids is 1. The van der Waals surface area contributed by atoms with Gasteiger partial charge >= 0.3 is 0 Å². The summed E-state index contributed by atoms with van der Waals surface area (Å²) in [5.41, 5.74) is 0.581. The summed E-state index contributed by atoms with van der Waals surface area (Å²) in [7, 11) is 0. The maximum Gasteiger partial charge on any atom is 0.262 e. The Morgan fingerprint density at radius 3 is 2.61 bits per heavy atom. The van der Waals surface area contributed by atoms with E-state index in [2.05, 4.69) is 20.9 Å². The predicted octanol–water partition coefficient (Wildman–Crippen LogP) is 3.14. The minimum Gasteiger partial charge on any atom is -0.343 e. The Bertz CT molecular complexity index is 772. The van der Waals surface area contributed by atoms with Crippen molar-refractivity contribution < 1.29 is 4.79 Å². The van der Waals surface area contributed by atoms with E-state index < -0.39 is 0 Å². The monoisotopic (exact) mass is 397 g/mol. The molecule has 0 aliphatic rings. The Balaban J connectivity index is 2.35. The first-order chi connectivity index (χ1) is 11.0. The van der Waals surface area contributed by atoms with Crippen molar-refractivity contribution in [2.45, 2.75) is 32.5 Å². The molecule has 7 heteroatoms. The molecule has 1 heterocycles. The van der Waals surface area contributed by atoms with E-state index in [0.29, 0.717) is 35.7 Å². The van der Waals surface area contributed by atoms with E-state index in [1.807, 2.05) is 32.9 Å². The van der Waals surface area contributed by atoms with Gasteiger partial charge in [0.15, 0.2) is 5.16 Å². The van der Waals surface area contributed by atoms with Gasteiger partial charge in [-0.1, -0.05) is 27.7 Å². The number of hydrogen-bond donors (Lipinski definition) is 0. The summed E-state index contributed by atoms with van der Waals surface area (Å²) in [6.07, 6.45) is 0. The molecular weight excluding hydrogens is 378 g/mol. The number of benzene rings is 1. The van der Waals surface area contributed by atoms with Crippen LogP contribution >= 0.6 is 27.7 Å². The van der Waals surface area contributed by atoms with E-state index in [1.165, 1.54) is 11.8 Å². The fourth-order valence-corrected chi connectivity index (χ4v) is 3.68. The lowest BCUT2D eigenvalue weighted by atomic mass is 10.2. The first-order valence-corrected chi connectivity index (χ1v) is 9.40. The minimum absolute atomic E-state index is 0.0628. The van der Waals surface area contributed by atoms with Gasteiger partial charge in [-0.25, -0.2) is 4.98 Å². The van der Waals surface area contributed by atoms with Crippen LogP contribution in [0.2, 0.25) is 0 Å². The fourth-order valence-electron chi connectivity index (χ4n) is 2.36. The lowest BCUT2D eigenvalue weighted by molar-refractivity contribution is -0.127. The summed E-state index contributed by atoms with van der Waals surface area (Å²) >= 11 is 4.70. The highest BCUT2D eigenvalue weighted by molar-refractivity contribution is 9.10. The molecule has 0 atom stereocenters. The average molecular weight is 398 g/mol. The zero-order chi connectivity index (χ0) is 17.0. The van der Waals surface area contributed by atoms with Gasteiger partial charge in [0.25, 0.3) is 5.56 Å². The van der Waals surface area contributed by atoms with Crippen molar-refractivity contribution in [1.82, 2.24) is 14.5 Å². The van der Waals surface area contributed by atoms with Crippen LogP contribution in [0.25, 0.3) is 10.9 Å². The Morgan fingerprint density at radius 2 is 2.00 bits per heavy atom. The second kappa shape index (κ2) is 7.97. The van der Waals surface area contributed by atoms with Gasteiger partial charge in [-0.05, 0) is 39.0 Å². The molecule has 2 aromatic rings. The van der Waals surface area contributed by atoms with E-state index >= 15 is 0 Å². The van der Waals surface area contributed by atoms with Gasteiger partial charge in [0, 0.05) is 24.1 Å². The molecule has 23 heavy (non-hydrogen) atoms. The summed E-state index contributed by atoms with van der Waals surface area (Å²) < 4.78 is 2.47. The number of nitrogens with zero attached hydrogens (tertiary/aromatic N) is 3. The van der Waals surface area contributed by atoms with Crippen LogP contribution in [0.3, 0.4) is 0 Å². The Hall–Kier alpha value is -1.34. The van der Waals surface area contributed by atoms with Crippen molar-refractivity contribution in [3.63, 3.8) is 0 Å². The number of hydrogen-bond acceptors (Lipinski definition) is 4. The molecule has 1 aromatic heterocycles. The Labute approximate surface area is 148 Å². The molecule has 1 amide bonds. The minimum atomic E-state index is -0.0726. The number of thioether (sulfide) groups is 1. The van der Waals surface area contributed by atoms with Crippen LogP contribution in [-0.4, -0.2) is 39.2 Å². The number of halogens is 1. The van der Waals surface area contributed by atoms with Crippen LogP contribution in [-0.2, 0) is 11.3 Å². The highest BCUT2D eigenvalue weighted by atomic mass is 79.9. The third-order valence-electron chi connectivity index (χ3n) is 3.64. The second-order valence-electron chi connectivity index (χ2n) is 4.96. The summed E-state index contributed by atoms with van der Waals surface area (Å²) in [5, 5.41) is 1.17. The summed E-state index contributed by atoms with van der Waals surface area (Å²) in [6.45, 7) is 7.73. The van der Waals surface area contributed by atoms with Crippen LogP contribution in [0.1, 0.15) is 20.8 Å². The van der Waals surface area contributed by atoms with Crippen molar-refractivity contribution in [3.8, 4) is 0 Å². The Kier molecular flexibility index (Phi) is 6.24. The van der Waals surface area contributed by atoms with E-state index in [9.17, 15) is 9.59 Å². The van der Waals surface area contributed by atoms with Crippen molar-refractivity contribution in [1.29, 1.82) is 0 Å². The summed E-state index contributed by atoms with van der Waals surface area (Å²) in [6, 6.07) is 5.46. The third kappa shape index (κ3) is 3.95. The van der Waals surface area contributed by atoms with E-state index in [-0.39, 0.29) is 17.2 Å². The second-order valence-corrected chi connectivity index (χ2v) is 6.82. The molecule has 0 saturated carbocycles.